The van der Waals surface area contributed by atoms with Crippen LogP contribution in [0.4, 0.5) is 0 Å². The molecule has 1 heterocycles. The van der Waals surface area contributed by atoms with E-state index in [0.717, 1.165) is 22.6 Å². The van der Waals surface area contributed by atoms with Crippen LogP contribution in [0.2, 0.25) is 5.02 Å². The van der Waals surface area contributed by atoms with Gasteiger partial charge in [0.2, 0.25) is 0 Å². The van der Waals surface area contributed by atoms with Crippen LogP contribution in [0.15, 0.2) is 42.5 Å². The third-order valence-electron chi connectivity index (χ3n) is 5.24. The van der Waals surface area contributed by atoms with E-state index >= 15 is 0 Å². The maximum Gasteiger partial charge on any atom is 0.306 e. The third-order valence-corrected chi connectivity index (χ3v) is 5.48. The number of hydrogen-bond donors (Lipinski definition) is 1. The third kappa shape index (κ3) is 4.42. The number of carbonyl (C=O) groups is 1. The molecular formula is C22H26ClNO4. The minimum atomic E-state index is -0.716. The maximum atomic E-state index is 11.4. The number of halogens is 1. The molecule has 1 aliphatic heterocycles. The summed E-state index contributed by atoms with van der Waals surface area (Å²) in [5.41, 5.74) is 1.98. The van der Waals surface area contributed by atoms with Gasteiger partial charge in [-0.25, -0.2) is 0 Å². The molecule has 1 saturated heterocycles. The van der Waals surface area contributed by atoms with Crippen LogP contribution in [0.25, 0.3) is 0 Å². The molecule has 6 heteroatoms. The van der Waals surface area contributed by atoms with Crippen LogP contribution in [0, 0.1) is 5.92 Å². The minimum Gasteiger partial charge on any atom is -0.496 e. The number of ether oxygens (including phenoxy) is 2. The van der Waals surface area contributed by atoms with Gasteiger partial charge in [0.15, 0.2) is 0 Å². The summed E-state index contributed by atoms with van der Waals surface area (Å²) in [6.45, 7) is 3.89. The van der Waals surface area contributed by atoms with Crippen molar-refractivity contribution in [2.24, 2.45) is 5.92 Å². The second kappa shape index (κ2) is 9.30. The number of para-hydroxylation sites is 1. The Morgan fingerprint density at radius 1 is 1.18 bits per heavy atom. The summed E-state index contributed by atoms with van der Waals surface area (Å²) >= 11 is 6.33. The summed E-state index contributed by atoms with van der Waals surface area (Å²) in [5, 5.41) is 9.99. The normalized spacial score (nSPS) is 16.5. The molecule has 1 atom stereocenters. The Morgan fingerprint density at radius 2 is 1.89 bits per heavy atom. The van der Waals surface area contributed by atoms with E-state index in [1.807, 2.05) is 43.3 Å². The van der Waals surface area contributed by atoms with Gasteiger partial charge in [0.25, 0.3) is 0 Å². The predicted molar refractivity (Wildman–Crippen MR) is 109 cm³/mol. The van der Waals surface area contributed by atoms with E-state index in [1.165, 1.54) is 0 Å². The van der Waals surface area contributed by atoms with Crippen molar-refractivity contribution >= 4 is 17.6 Å². The van der Waals surface area contributed by atoms with E-state index in [0.29, 0.717) is 37.6 Å². The molecule has 150 valence electrons. The highest BCUT2D eigenvalue weighted by molar-refractivity contribution is 6.30. The molecule has 0 aliphatic carbocycles. The van der Waals surface area contributed by atoms with Crippen molar-refractivity contribution in [2.45, 2.75) is 25.8 Å². The Labute approximate surface area is 170 Å². The number of nitrogens with zero attached hydrogens (tertiary/aromatic N) is 1. The van der Waals surface area contributed by atoms with Gasteiger partial charge in [0.1, 0.15) is 11.5 Å². The zero-order chi connectivity index (χ0) is 20.1. The van der Waals surface area contributed by atoms with Crippen molar-refractivity contribution in [3.05, 3.63) is 58.6 Å². The standard InChI is InChI=1S/C22H26ClNO4/c1-3-28-20-7-5-4-6-17(20)21(18-14-16(23)8-9-19(18)27-2)24-12-10-15(11-13-24)22(25)26/h4-9,14-15,21H,3,10-13H2,1-2H3,(H,25,26). The van der Waals surface area contributed by atoms with Crippen molar-refractivity contribution in [3.8, 4) is 11.5 Å². The fourth-order valence-electron chi connectivity index (χ4n) is 3.88. The topological polar surface area (TPSA) is 59.0 Å². The van der Waals surface area contributed by atoms with Gasteiger partial charge in [-0.2, -0.15) is 0 Å². The highest BCUT2D eigenvalue weighted by Crippen LogP contribution is 2.41. The van der Waals surface area contributed by atoms with Gasteiger partial charge in [0.05, 0.1) is 25.7 Å². The highest BCUT2D eigenvalue weighted by Gasteiger charge is 2.33. The predicted octanol–water partition coefficient (Wildman–Crippen LogP) is 4.63. The average Bonchev–Trinajstić information content (AvgIpc) is 2.70. The molecule has 0 spiro atoms. The van der Waals surface area contributed by atoms with Crippen LogP contribution in [-0.4, -0.2) is 42.8 Å². The zero-order valence-corrected chi connectivity index (χ0v) is 17.0. The fourth-order valence-corrected chi connectivity index (χ4v) is 4.06. The first-order valence-corrected chi connectivity index (χ1v) is 9.95. The van der Waals surface area contributed by atoms with Crippen LogP contribution >= 0.6 is 11.6 Å². The van der Waals surface area contributed by atoms with E-state index in [1.54, 1.807) is 7.11 Å². The fraction of sp³-hybridized carbons (Fsp3) is 0.409. The molecule has 1 N–H and O–H groups in total. The molecule has 2 aromatic rings. The van der Waals surface area contributed by atoms with Crippen molar-refractivity contribution in [2.75, 3.05) is 26.8 Å². The number of aliphatic carboxylic acids is 1. The van der Waals surface area contributed by atoms with Crippen LogP contribution in [-0.2, 0) is 4.79 Å². The molecule has 0 saturated carbocycles. The summed E-state index contributed by atoms with van der Waals surface area (Å²) in [6, 6.07) is 13.4. The Bertz CT molecular complexity index is 818. The van der Waals surface area contributed by atoms with E-state index in [9.17, 15) is 9.90 Å². The Kier molecular flexibility index (Phi) is 6.81. The van der Waals surface area contributed by atoms with Crippen molar-refractivity contribution in [1.29, 1.82) is 0 Å². The average molecular weight is 404 g/mol. The molecule has 0 bridgehead atoms. The SMILES string of the molecule is CCOc1ccccc1C(c1cc(Cl)ccc1OC)N1CCC(C(=O)O)CC1. The molecular weight excluding hydrogens is 378 g/mol. The molecule has 0 amide bonds. The number of likely N-dealkylation sites (tertiary alicyclic amines) is 1. The van der Waals surface area contributed by atoms with E-state index in [4.69, 9.17) is 21.1 Å². The molecule has 0 aromatic heterocycles. The second-order valence-corrected chi connectivity index (χ2v) is 7.34. The number of piperidine rings is 1. The number of methoxy groups -OCH3 is 1. The molecule has 28 heavy (non-hydrogen) atoms. The molecule has 5 nitrogen and oxygen atoms in total. The van der Waals surface area contributed by atoms with Crippen molar-refractivity contribution < 1.29 is 19.4 Å². The van der Waals surface area contributed by atoms with Gasteiger partial charge in [0, 0.05) is 16.1 Å². The number of rotatable bonds is 7. The smallest absolute Gasteiger partial charge is 0.306 e. The zero-order valence-electron chi connectivity index (χ0n) is 16.2. The molecule has 0 radical (unpaired) electrons. The van der Waals surface area contributed by atoms with Crippen LogP contribution in [0.1, 0.15) is 36.9 Å². The lowest BCUT2D eigenvalue weighted by molar-refractivity contribution is -0.143. The summed E-state index contributed by atoms with van der Waals surface area (Å²) in [6.07, 6.45) is 1.23. The highest BCUT2D eigenvalue weighted by atomic mass is 35.5. The first kappa shape index (κ1) is 20.5. The van der Waals surface area contributed by atoms with Crippen LogP contribution in [0.5, 0.6) is 11.5 Å². The largest absolute Gasteiger partial charge is 0.496 e. The van der Waals surface area contributed by atoms with Gasteiger partial charge < -0.3 is 14.6 Å². The lowest BCUT2D eigenvalue weighted by atomic mass is 9.90. The van der Waals surface area contributed by atoms with Gasteiger partial charge in [-0.3, -0.25) is 9.69 Å². The van der Waals surface area contributed by atoms with E-state index in [2.05, 4.69) is 11.0 Å². The Hall–Kier alpha value is -2.24. The number of carboxylic acid groups (broad SMARTS) is 1. The number of hydrogen-bond acceptors (Lipinski definition) is 4. The van der Waals surface area contributed by atoms with Gasteiger partial charge in [-0.05, 0) is 57.1 Å². The molecule has 1 fully saturated rings. The Morgan fingerprint density at radius 3 is 2.54 bits per heavy atom. The molecule has 1 unspecified atom stereocenters. The lowest BCUT2D eigenvalue weighted by Crippen LogP contribution is -2.39. The minimum absolute atomic E-state index is 0.133. The first-order valence-electron chi connectivity index (χ1n) is 9.57. The lowest BCUT2D eigenvalue weighted by Gasteiger charge is -2.38. The van der Waals surface area contributed by atoms with Gasteiger partial charge in [-0.1, -0.05) is 29.8 Å². The van der Waals surface area contributed by atoms with E-state index < -0.39 is 5.97 Å². The van der Waals surface area contributed by atoms with Crippen LogP contribution in [0.3, 0.4) is 0 Å². The summed E-state index contributed by atoms with van der Waals surface area (Å²) in [5.74, 6) is 0.560. The maximum absolute atomic E-state index is 11.4. The Balaban J connectivity index is 2.06. The monoisotopic (exact) mass is 403 g/mol. The van der Waals surface area contributed by atoms with Gasteiger partial charge in [-0.15, -0.1) is 0 Å². The van der Waals surface area contributed by atoms with Crippen molar-refractivity contribution in [3.63, 3.8) is 0 Å². The molecule has 2 aromatic carbocycles. The number of carboxylic acids is 1. The molecule has 3 rings (SSSR count). The first-order chi connectivity index (χ1) is 13.5. The summed E-state index contributed by atoms with van der Waals surface area (Å²) < 4.78 is 11.5. The number of benzene rings is 2. The molecule has 1 aliphatic rings. The van der Waals surface area contributed by atoms with Gasteiger partial charge >= 0.3 is 5.97 Å². The quantitative estimate of drug-likeness (QED) is 0.730. The summed E-state index contributed by atoms with van der Waals surface area (Å²) in [7, 11) is 1.65. The van der Waals surface area contributed by atoms with Crippen molar-refractivity contribution in [1.82, 2.24) is 4.90 Å². The van der Waals surface area contributed by atoms with E-state index in [-0.39, 0.29) is 12.0 Å². The summed E-state index contributed by atoms with van der Waals surface area (Å²) in [4.78, 5) is 13.7. The van der Waals surface area contributed by atoms with Crippen LogP contribution < -0.4 is 9.47 Å². The second-order valence-electron chi connectivity index (χ2n) is 6.91.